The largest absolute Gasteiger partial charge is 0.300 e. The zero-order valence-electron chi connectivity index (χ0n) is 15.3. The normalized spacial score (nSPS) is 17.2. The molecule has 0 saturated carbocycles. The third kappa shape index (κ3) is 4.72. The zero-order chi connectivity index (χ0) is 19.3. The molecule has 1 atom stereocenters. The Labute approximate surface area is 163 Å². The summed E-state index contributed by atoms with van der Waals surface area (Å²) in [7, 11) is -3.65. The van der Waals surface area contributed by atoms with Crippen molar-refractivity contribution in [2.45, 2.75) is 49.3 Å². The van der Waals surface area contributed by atoms with Crippen LogP contribution < -0.4 is 5.32 Å². The van der Waals surface area contributed by atoms with E-state index in [0.29, 0.717) is 19.5 Å². The first-order chi connectivity index (χ1) is 13.0. The van der Waals surface area contributed by atoms with Crippen LogP contribution in [0.3, 0.4) is 0 Å². The molecule has 0 aliphatic carbocycles. The van der Waals surface area contributed by atoms with Crippen LogP contribution in [0.2, 0.25) is 0 Å². The second-order valence-corrected chi connectivity index (χ2v) is 9.64. The Balaban J connectivity index is 1.72. The fourth-order valence-electron chi connectivity index (χ4n) is 3.21. The number of rotatable bonds is 6. The van der Waals surface area contributed by atoms with E-state index in [4.69, 9.17) is 0 Å². The summed E-state index contributed by atoms with van der Waals surface area (Å²) in [5.41, 5.74) is 0.916. The van der Waals surface area contributed by atoms with Crippen molar-refractivity contribution in [1.29, 1.82) is 0 Å². The summed E-state index contributed by atoms with van der Waals surface area (Å²) in [6, 6.07) is 9.50. The second-order valence-electron chi connectivity index (χ2n) is 6.55. The van der Waals surface area contributed by atoms with E-state index in [-0.39, 0.29) is 21.3 Å². The van der Waals surface area contributed by atoms with Crippen LogP contribution in [0.5, 0.6) is 0 Å². The van der Waals surface area contributed by atoms with Gasteiger partial charge in [0.25, 0.3) is 10.0 Å². The summed E-state index contributed by atoms with van der Waals surface area (Å²) in [5.74, 6) is -0.528. The van der Waals surface area contributed by atoms with Gasteiger partial charge in [-0.2, -0.15) is 4.31 Å². The molecule has 0 unspecified atom stereocenters. The lowest BCUT2D eigenvalue weighted by Gasteiger charge is -2.17. The number of nitrogens with zero attached hydrogens (tertiary/aromatic N) is 3. The summed E-state index contributed by atoms with van der Waals surface area (Å²) in [6.07, 6.45) is 4.43. The number of hydrogen-bond donors (Lipinski definition) is 1. The van der Waals surface area contributed by atoms with Crippen LogP contribution in [0.15, 0.2) is 34.7 Å². The highest BCUT2D eigenvalue weighted by atomic mass is 32.2. The molecule has 3 rings (SSSR count). The average Bonchev–Trinajstić information content (AvgIpc) is 2.96. The van der Waals surface area contributed by atoms with Gasteiger partial charge in [-0.1, -0.05) is 61.4 Å². The minimum atomic E-state index is -3.65. The molecular weight excluding hydrogens is 384 g/mol. The predicted molar refractivity (Wildman–Crippen MR) is 105 cm³/mol. The van der Waals surface area contributed by atoms with Gasteiger partial charge in [0.15, 0.2) is 0 Å². The van der Waals surface area contributed by atoms with Gasteiger partial charge in [-0.25, -0.2) is 8.42 Å². The van der Waals surface area contributed by atoms with E-state index in [9.17, 15) is 13.2 Å². The van der Waals surface area contributed by atoms with Crippen LogP contribution >= 0.6 is 11.3 Å². The number of carbonyl (C=O) groups is 1. The highest BCUT2D eigenvalue weighted by molar-refractivity contribution is 7.91. The van der Waals surface area contributed by atoms with E-state index in [0.717, 1.165) is 42.6 Å². The first-order valence-corrected chi connectivity index (χ1v) is 11.5. The number of hydrogen-bond acceptors (Lipinski definition) is 6. The molecular formula is C18H24N4O3S2. The summed E-state index contributed by atoms with van der Waals surface area (Å²) in [6.45, 7) is 2.96. The Morgan fingerprint density at radius 2 is 1.81 bits per heavy atom. The molecule has 7 nitrogen and oxygen atoms in total. The summed E-state index contributed by atoms with van der Waals surface area (Å²) in [4.78, 5) is 12.6. The highest BCUT2D eigenvalue weighted by Crippen LogP contribution is 2.27. The fourth-order valence-corrected chi connectivity index (χ4v) is 5.77. The van der Waals surface area contributed by atoms with E-state index < -0.39 is 10.0 Å². The third-order valence-electron chi connectivity index (χ3n) is 4.69. The number of aromatic nitrogens is 2. The highest BCUT2D eigenvalue weighted by Gasteiger charge is 2.29. The number of anilines is 1. The Hall–Kier alpha value is -1.84. The van der Waals surface area contributed by atoms with Gasteiger partial charge in [-0.15, -0.1) is 10.2 Å². The average molecular weight is 409 g/mol. The molecule has 2 heterocycles. The minimum absolute atomic E-state index is 0.0625. The predicted octanol–water partition coefficient (Wildman–Crippen LogP) is 3.24. The lowest BCUT2D eigenvalue weighted by atomic mass is 9.96. The van der Waals surface area contributed by atoms with E-state index in [1.165, 1.54) is 4.31 Å². The fraction of sp³-hybridized carbons (Fsp3) is 0.500. The van der Waals surface area contributed by atoms with Crippen LogP contribution in [0.1, 0.15) is 50.5 Å². The van der Waals surface area contributed by atoms with E-state index in [1.807, 2.05) is 37.3 Å². The van der Waals surface area contributed by atoms with Gasteiger partial charge in [0.05, 0.1) is 5.92 Å². The quantitative estimate of drug-likeness (QED) is 0.741. The Morgan fingerprint density at radius 3 is 2.44 bits per heavy atom. The van der Waals surface area contributed by atoms with Crippen molar-refractivity contribution < 1.29 is 13.2 Å². The van der Waals surface area contributed by atoms with E-state index in [2.05, 4.69) is 15.5 Å². The third-order valence-corrected chi connectivity index (χ3v) is 7.77. The number of nitrogens with one attached hydrogen (secondary N) is 1. The molecule has 1 aromatic heterocycles. The molecule has 1 N–H and O–H groups in total. The maximum Gasteiger partial charge on any atom is 0.272 e. The van der Waals surface area contributed by atoms with Gasteiger partial charge < -0.3 is 0 Å². The van der Waals surface area contributed by atoms with Crippen molar-refractivity contribution >= 4 is 32.4 Å². The number of sulfonamides is 1. The number of benzene rings is 1. The summed E-state index contributed by atoms with van der Waals surface area (Å²) in [5, 5.41) is 10.6. The maximum atomic E-state index is 12.8. The molecule has 2 aromatic rings. The smallest absolute Gasteiger partial charge is 0.272 e. The van der Waals surface area contributed by atoms with Gasteiger partial charge in [0.1, 0.15) is 0 Å². The van der Waals surface area contributed by atoms with Gasteiger partial charge in [-0.05, 0) is 24.8 Å². The zero-order valence-corrected chi connectivity index (χ0v) is 16.9. The Morgan fingerprint density at radius 1 is 1.15 bits per heavy atom. The van der Waals surface area contributed by atoms with Crippen LogP contribution in [0.25, 0.3) is 0 Å². The molecule has 0 spiro atoms. The summed E-state index contributed by atoms with van der Waals surface area (Å²) < 4.78 is 27.0. The standard InChI is InChI=1S/C18H24N4O3S2/c1-2-15(14-10-6-5-7-11-14)16(23)19-17-20-21-18(26-17)27(24,25)22-12-8-3-4-9-13-22/h5-7,10-11,15H,2-4,8-9,12-13H2,1H3,(H,19,20,23)/t15-/m0/s1. The van der Waals surface area contributed by atoms with Gasteiger partial charge >= 0.3 is 0 Å². The van der Waals surface area contributed by atoms with Crippen molar-refractivity contribution in [3.63, 3.8) is 0 Å². The molecule has 1 aliphatic rings. The molecule has 9 heteroatoms. The van der Waals surface area contributed by atoms with Gasteiger partial charge in [0.2, 0.25) is 15.4 Å². The molecule has 0 bridgehead atoms. The number of carbonyl (C=O) groups excluding carboxylic acids is 1. The lowest BCUT2D eigenvalue weighted by molar-refractivity contribution is -0.117. The molecule has 27 heavy (non-hydrogen) atoms. The van der Waals surface area contributed by atoms with Crippen molar-refractivity contribution in [2.24, 2.45) is 0 Å². The minimum Gasteiger partial charge on any atom is -0.300 e. The monoisotopic (exact) mass is 408 g/mol. The molecule has 146 valence electrons. The van der Waals surface area contributed by atoms with Crippen LogP contribution in [-0.4, -0.2) is 41.9 Å². The molecule has 1 fully saturated rings. The Bertz CT molecular complexity index is 860. The van der Waals surface area contributed by atoms with Crippen molar-refractivity contribution in [3.05, 3.63) is 35.9 Å². The van der Waals surface area contributed by atoms with E-state index >= 15 is 0 Å². The summed E-state index contributed by atoms with van der Waals surface area (Å²) >= 11 is 0.908. The SMILES string of the molecule is CC[C@H](C(=O)Nc1nnc(S(=O)(=O)N2CCCCCC2)s1)c1ccccc1. The van der Waals surface area contributed by atoms with Crippen LogP contribution in [-0.2, 0) is 14.8 Å². The first-order valence-electron chi connectivity index (χ1n) is 9.22. The van der Waals surface area contributed by atoms with Crippen molar-refractivity contribution in [1.82, 2.24) is 14.5 Å². The second kappa shape index (κ2) is 8.90. The Kier molecular flexibility index (Phi) is 6.56. The molecule has 1 aliphatic heterocycles. The van der Waals surface area contributed by atoms with Gasteiger partial charge in [0, 0.05) is 13.1 Å². The lowest BCUT2D eigenvalue weighted by Crippen LogP contribution is -2.31. The topological polar surface area (TPSA) is 92.3 Å². The number of amides is 1. The van der Waals surface area contributed by atoms with Gasteiger partial charge in [-0.3, -0.25) is 10.1 Å². The molecule has 1 aromatic carbocycles. The van der Waals surface area contributed by atoms with E-state index in [1.54, 1.807) is 0 Å². The van der Waals surface area contributed by atoms with Crippen LogP contribution in [0.4, 0.5) is 5.13 Å². The van der Waals surface area contributed by atoms with Crippen LogP contribution in [0, 0.1) is 0 Å². The molecule has 0 radical (unpaired) electrons. The first kappa shape index (κ1) is 19.9. The molecule has 1 saturated heterocycles. The molecule has 1 amide bonds. The maximum absolute atomic E-state index is 12.8. The van der Waals surface area contributed by atoms with Crippen molar-refractivity contribution in [3.8, 4) is 0 Å². The van der Waals surface area contributed by atoms with Crippen molar-refractivity contribution in [2.75, 3.05) is 18.4 Å².